The first-order chi connectivity index (χ1) is 7.56. The minimum atomic E-state index is -0.592. The molecule has 1 fully saturated rings. The second-order valence-corrected chi connectivity index (χ2v) is 3.95. The van der Waals surface area contributed by atoms with Crippen LogP contribution in [0.25, 0.3) is 0 Å². The zero-order chi connectivity index (χ0) is 12.1. The van der Waals surface area contributed by atoms with Crippen molar-refractivity contribution in [3.8, 4) is 0 Å². The lowest BCUT2D eigenvalue weighted by Gasteiger charge is -2.13. The van der Waals surface area contributed by atoms with Gasteiger partial charge < -0.3 is 10.1 Å². The summed E-state index contributed by atoms with van der Waals surface area (Å²) in [5.41, 5.74) is 0. The van der Waals surface area contributed by atoms with Gasteiger partial charge in [-0.25, -0.2) is 0 Å². The van der Waals surface area contributed by atoms with E-state index in [1.807, 2.05) is 0 Å². The van der Waals surface area contributed by atoms with E-state index in [1.54, 1.807) is 0 Å². The van der Waals surface area contributed by atoms with Gasteiger partial charge in [-0.15, -0.1) is 0 Å². The Kier molecular flexibility index (Phi) is 4.48. The molecule has 0 saturated carbocycles. The van der Waals surface area contributed by atoms with E-state index in [1.165, 1.54) is 0 Å². The Morgan fingerprint density at radius 3 is 2.75 bits per heavy atom. The van der Waals surface area contributed by atoms with E-state index >= 15 is 0 Å². The molecule has 7 heteroatoms. The maximum Gasteiger partial charge on any atom is 0.242 e. The molecule has 1 saturated heterocycles. The number of aldehydes is 1. The van der Waals surface area contributed by atoms with Gasteiger partial charge in [0.15, 0.2) is 0 Å². The Morgan fingerprint density at radius 1 is 1.56 bits per heavy atom. The van der Waals surface area contributed by atoms with Crippen molar-refractivity contribution < 1.29 is 19.2 Å². The molecule has 1 N–H and O–H groups in total. The van der Waals surface area contributed by atoms with Crippen LogP contribution in [0.1, 0.15) is 12.8 Å². The van der Waals surface area contributed by atoms with Crippen molar-refractivity contribution in [2.75, 3.05) is 13.1 Å². The lowest BCUT2D eigenvalue weighted by molar-refractivity contribution is -0.138. The summed E-state index contributed by atoms with van der Waals surface area (Å²) >= 11 is 3.95. The Balaban J connectivity index is 2.37. The van der Waals surface area contributed by atoms with Gasteiger partial charge in [0.1, 0.15) is 6.29 Å². The van der Waals surface area contributed by atoms with E-state index in [-0.39, 0.29) is 43.7 Å². The first kappa shape index (κ1) is 12.7. The minimum Gasteiger partial charge on any atom is -0.349 e. The number of nitrogens with zero attached hydrogens (tertiary/aromatic N) is 1. The fourth-order valence-electron chi connectivity index (χ4n) is 1.36. The lowest BCUT2D eigenvalue weighted by Crippen LogP contribution is -2.35. The highest BCUT2D eigenvalue weighted by Crippen LogP contribution is 2.17. The van der Waals surface area contributed by atoms with Gasteiger partial charge >= 0.3 is 0 Å². The predicted molar refractivity (Wildman–Crippen MR) is 57.8 cm³/mol. The molecule has 0 bridgehead atoms. The lowest BCUT2D eigenvalue weighted by atomic mass is 10.3. The average molecular weight is 244 g/mol. The van der Waals surface area contributed by atoms with Crippen molar-refractivity contribution in [1.29, 1.82) is 0 Å². The highest BCUT2D eigenvalue weighted by atomic mass is 32.1. The molecule has 1 unspecified atom stereocenters. The molecule has 0 radical (unpaired) electrons. The van der Waals surface area contributed by atoms with E-state index in [0.29, 0.717) is 6.29 Å². The number of nitrogens with one attached hydrogen (secondary N) is 1. The van der Waals surface area contributed by atoms with Gasteiger partial charge in [0, 0.05) is 19.4 Å². The summed E-state index contributed by atoms with van der Waals surface area (Å²) in [5.74, 6) is -1.04. The number of likely N-dealkylation sites (tertiary alicyclic amines) is 1. The van der Waals surface area contributed by atoms with E-state index in [9.17, 15) is 19.2 Å². The zero-order valence-electron chi connectivity index (χ0n) is 8.51. The average Bonchev–Trinajstić information content (AvgIpc) is 2.48. The van der Waals surface area contributed by atoms with E-state index in [2.05, 4.69) is 17.9 Å². The van der Waals surface area contributed by atoms with Gasteiger partial charge in [-0.3, -0.25) is 19.3 Å². The quantitative estimate of drug-likeness (QED) is 0.359. The first-order valence-corrected chi connectivity index (χ1v) is 5.30. The fraction of sp³-hybridized carbons (Fsp3) is 0.556. The topological polar surface area (TPSA) is 83.6 Å². The second kappa shape index (κ2) is 5.64. The van der Waals surface area contributed by atoms with Crippen LogP contribution >= 0.6 is 12.6 Å². The summed E-state index contributed by atoms with van der Waals surface area (Å²) in [6, 6.07) is 0. The van der Waals surface area contributed by atoms with Crippen LogP contribution in [-0.2, 0) is 19.2 Å². The molecular weight excluding hydrogens is 232 g/mol. The van der Waals surface area contributed by atoms with Crippen LogP contribution in [0.15, 0.2) is 0 Å². The number of amides is 3. The molecule has 88 valence electrons. The van der Waals surface area contributed by atoms with Gasteiger partial charge in [0.25, 0.3) is 0 Å². The van der Waals surface area contributed by atoms with Crippen molar-refractivity contribution in [3.63, 3.8) is 0 Å². The number of thiol groups is 1. The summed E-state index contributed by atoms with van der Waals surface area (Å²) in [5, 5.41) is 1.73. The number of imide groups is 1. The molecule has 0 aromatic heterocycles. The number of rotatable bonds is 5. The maximum atomic E-state index is 11.4. The number of hydrogen-bond acceptors (Lipinski definition) is 5. The van der Waals surface area contributed by atoms with E-state index < -0.39 is 5.25 Å². The molecule has 1 atom stereocenters. The highest BCUT2D eigenvalue weighted by molar-refractivity contribution is 7.81. The van der Waals surface area contributed by atoms with Crippen LogP contribution in [0.2, 0.25) is 0 Å². The van der Waals surface area contributed by atoms with Crippen molar-refractivity contribution >= 4 is 36.6 Å². The molecule has 1 rings (SSSR count). The second-order valence-electron chi connectivity index (χ2n) is 3.32. The molecule has 6 nitrogen and oxygen atoms in total. The van der Waals surface area contributed by atoms with Crippen LogP contribution in [-0.4, -0.2) is 47.2 Å². The molecule has 0 aliphatic carbocycles. The van der Waals surface area contributed by atoms with Gasteiger partial charge in [-0.05, 0) is 0 Å². The third-order valence-corrected chi connectivity index (χ3v) is 2.57. The van der Waals surface area contributed by atoms with Crippen molar-refractivity contribution in [1.82, 2.24) is 10.2 Å². The predicted octanol–water partition coefficient (Wildman–Crippen LogP) is -1.25. The summed E-state index contributed by atoms with van der Waals surface area (Å²) in [7, 11) is 0. The summed E-state index contributed by atoms with van der Waals surface area (Å²) in [6.45, 7) is -0.0185. The third-order valence-electron chi connectivity index (χ3n) is 2.17. The van der Waals surface area contributed by atoms with Gasteiger partial charge in [-0.2, -0.15) is 12.6 Å². The Bertz CT molecular complexity index is 331. The summed E-state index contributed by atoms with van der Waals surface area (Å²) < 4.78 is 0. The number of hydrogen-bond donors (Lipinski definition) is 2. The molecule has 0 aromatic rings. The summed E-state index contributed by atoms with van der Waals surface area (Å²) in [4.78, 5) is 44.8. The van der Waals surface area contributed by atoms with Crippen LogP contribution in [0, 0.1) is 0 Å². The molecule has 1 heterocycles. The van der Waals surface area contributed by atoms with Crippen LogP contribution in [0.3, 0.4) is 0 Å². The Labute approximate surface area is 97.8 Å². The highest BCUT2D eigenvalue weighted by Gasteiger charge is 2.36. The Hall–Kier alpha value is -1.37. The van der Waals surface area contributed by atoms with Crippen molar-refractivity contribution in [3.05, 3.63) is 0 Å². The van der Waals surface area contributed by atoms with Crippen LogP contribution < -0.4 is 5.32 Å². The molecule has 1 aliphatic heterocycles. The van der Waals surface area contributed by atoms with E-state index in [4.69, 9.17) is 0 Å². The third kappa shape index (κ3) is 3.06. The summed E-state index contributed by atoms with van der Waals surface area (Å²) in [6.07, 6.45) is 0.650. The van der Waals surface area contributed by atoms with Gasteiger partial charge in [0.05, 0.1) is 11.8 Å². The van der Waals surface area contributed by atoms with Crippen LogP contribution in [0.5, 0.6) is 0 Å². The maximum absolute atomic E-state index is 11.4. The molecule has 0 spiro atoms. The smallest absolute Gasteiger partial charge is 0.242 e. The Morgan fingerprint density at radius 2 is 2.25 bits per heavy atom. The van der Waals surface area contributed by atoms with Gasteiger partial charge in [-0.1, -0.05) is 0 Å². The molecule has 16 heavy (non-hydrogen) atoms. The molecule has 3 amide bonds. The van der Waals surface area contributed by atoms with E-state index in [0.717, 1.165) is 4.90 Å². The molecule has 1 aliphatic rings. The molecule has 0 aromatic carbocycles. The molecular formula is C9H12N2O4S. The fourth-order valence-corrected chi connectivity index (χ4v) is 1.65. The largest absolute Gasteiger partial charge is 0.349 e. The minimum absolute atomic E-state index is 0.00577. The van der Waals surface area contributed by atoms with Gasteiger partial charge in [0.2, 0.25) is 17.7 Å². The monoisotopic (exact) mass is 244 g/mol. The van der Waals surface area contributed by atoms with Crippen molar-refractivity contribution in [2.45, 2.75) is 18.1 Å². The standard InChI is InChI=1S/C9H12N2O4S/c12-4-2-10-7(13)1-3-11-8(14)5-6(16)9(11)15/h4,6,16H,1-3,5H2,(H,10,13). The normalized spacial score (nSPS) is 20.1. The van der Waals surface area contributed by atoms with Crippen LogP contribution in [0.4, 0.5) is 0 Å². The van der Waals surface area contributed by atoms with Crippen molar-refractivity contribution in [2.24, 2.45) is 0 Å². The first-order valence-electron chi connectivity index (χ1n) is 4.79. The zero-order valence-corrected chi connectivity index (χ0v) is 9.40. The number of carbonyl (C=O) groups is 4. The number of carbonyl (C=O) groups excluding carboxylic acids is 4. The SMILES string of the molecule is O=CCNC(=O)CCN1C(=O)CC(S)C1=O.